The molecule has 4 aromatic rings. The van der Waals surface area contributed by atoms with E-state index in [9.17, 15) is 18.0 Å². The lowest BCUT2D eigenvalue weighted by atomic mass is 10.1. The quantitative estimate of drug-likeness (QED) is 0.552. The number of alkyl halides is 3. The Hall–Kier alpha value is -3.69. The molecule has 7 nitrogen and oxygen atoms in total. The lowest BCUT2D eigenvalue weighted by Crippen LogP contribution is -2.30. The van der Waals surface area contributed by atoms with E-state index in [2.05, 4.69) is 15.0 Å². The van der Waals surface area contributed by atoms with E-state index in [4.69, 9.17) is 5.73 Å². The fraction of sp³-hybridized carbons (Fsp3) is 0.200. The number of nitrogens with two attached hydrogens (primary N) is 1. The van der Waals surface area contributed by atoms with E-state index in [1.165, 1.54) is 11.0 Å². The highest BCUT2D eigenvalue weighted by molar-refractivity contribution is 6.02. The zero-order chi connectivity index (χ0) is 21.5. The van der Waals surface area contributed by atoms with Crippen LogP contribution in [0.4, 0.5) is 19.1 Å². The first-order chi connectivity index (χ1) is 14.3. The molecular weight excluding hydrogens is 397 g/mol. The van der Waals surface area contributed by atoms with Gasteiger partial charge in [0.15, 0.2) is 0 Å². The van der Waals surface area contributed by atoms with Crippen LogP contribution in [0, 0.1) is 0 Å². The van der Waals surface area contributed by atoms with Gasteiger partial charge in [0.25, 0.3) is 5.91 Å². The van der Waals surface area contributed by atoms with Gasteiger partial charge in [-0.05, 0) is 37.3 Å². The molecule has 1 aromatic carbocycles. The molecule has 0 aliphatic heterocycles. The molecule has 10 heteroatoms. The maximum atomic E-state index is 13.0. The molecule has 1 amide bonds. The minimum absolute atomic E-state index is 0.0909. The Morgan fingerprint density at radius 2 is 2.00 bits per heavy atom. The van der Waals surface area contributed by atoms with Crippen molar-refractivity contribution >= 4 is 28.3 Å². The second-order valence-corrected chi connectivity index (χ2v) is 6.71. The minimum Gasteiger partial charge on any atom is -0.369 e. The summed E-state index contributed by atoms with van der Waals surface area (Å²) < 4.78 is 39.8. The van der Waals surface area contributed by atoms with Crippen LogP contribution in [0.3, 0.4) is 0 Å². The van der Waals surface area contributed by atoms with Crippen LogP contribution in [0.15, 0.2) is 49.1 Å². The van der Waals surface area contributed by atoms with E-state index in [0.717, 1.165) is 23.2 Å². The molecule has 0 aliphatic rings. The highest BCUT2D eigenvalue weighted by Crippen LogP contribution is 2.28. The number of hydrogen-bond acceptors (Lipinski definition) is 5. The molecule has 0 radical (unpaired) electrons. The van der Waals surface area contributed by atoms with E-state index in [1.54, 1.807) is 42.0 Å². The third-order valence-electron chi connectivity index (χ3n) is 4.81. The van der Waals surface area contributed by atoms with Crippen molar-refractivity contribution in [2.24, 2.45) is 0 Å². The number of nitrogen functional groups attached to an aromatic ring is 1. The molecule has 4 rings (SSSR count). The van der Waals surface area contributed by atoms with Gasteiger partial charge in [-0.2, -0.15) is 13.2 Å². The van der Waals surface area contributed by atoms with E-state index in [0.29, 0.717) is 23.3 Å². The number of nitrogens with zero attached hydrogens (tertiary/aromatic N) is 5. The fourth-order valence-corrected chi connectivity index (χ4v) is 3.22. The Morgan fingerprint density at radius 1 is 1.20 bits per heavy atom. The zero-order valence-electron chi connectivity index (χ0n) is 15.9. The number of halogens is 3. The number of aromatic nitrogens is 4. The zero-order valence-corrected chi connectivity index (χ0v) is 15.9. The summed E-state index contributed by atoms with van der Waals surface area (Å²) in [6, 6.07) is 7.30. The highest BCUT2D eigenvalue weighted by Gasteiger charge is 2.30. The van der Waals surface area contributed by atoms with Gasteiger partial charge in [-0.3, -0.25) is 14.2 Å². The normalized spacial score (nSPS) is 11.9. The summed E-state index contributed by atoms with van der Waals surface area (Å²) in [6.07, 6.45) is -0.498. The SMILES string of the molecule is CCN(Cc1ccc(C(F)(F)F)cn1)C(=O)c1ccc2nc(N)n3cncc3c2c1. The fourth-order valence-electron chi connectivity index (χ4n) is 3.22. The van der Waals surface area contributed by atoms with Crippen molar-refractivity contribution in [1.29, 1.82) is 0 Å². The van der Waals surface area contributed by atoms with Crippen molar-refractivity contribution in [1.82, 2.24) is 24.3 Å². The van der Waals surface area contributed by atoms with Crippen LogP contribution in [0.25, 0.3) is 16.4 Å². The van der Waals surface area contributed by atoms with Gasteiger partial charge < -0.3 is 10.6 Å². The van der Waals surface area contributed by atoms with Crippen LogP contribution in [0.1, 0.15) is 28.5 Å². The van der Waals surface area contributed by atoms with Crippen molar-refractivity contribution < 1.29 is 18.0 Å². The Kier molecular flexibility index (Phi) is 4.76. The largest absolute Gasteiger partial charge is 0.417 e. The van der Waals surface area contributed by atoms with Crippen molar-refractivity contribution in [2.45, 2.75) is 19.6 Å². The molecule has 0 bridgehead atoms. The summed E-state index contributed by atoms with van der Waals surface area (Å²) in [4.78, 5) is 26.8. The van der Waals surface area contributed by atoms with Crippen LogP contribution in [0.2, 0.25) is 0 Å². The van der Waals surface area contributed by atoms with Crippen molar-refractivity contribution in [3.8, 4) is 0 Å². The van der Waals surface area contributed by atoms with Crippen molar-refractivity contribution in [3.05, 3.63) is 65.9 Å². The van der Waals surface area contributed by atoms with Crippen LogP contribution >= 0.6 is 0 Å². The number of hydrogen-bond donors (Lipinski definition) is 1. The number of benzene rings is 1. The molecule has 2 N–H and O–H groups in total. The maximum Gasteiger partial charge on any atom is 0.417 e. The summed E-state index contributed by atoms with van der Waals surface area (Å²) >= 11 is 0. The predicted molar refractivity (Wildman–Crippen MR) is 105 cm³/mol. The summed E-state index contributed by atoms with van der Waals surface area (Å²) in [6.45, 7) is 2.25. The van der Waals surface area contributed by atoms with E-state index in [-0.39, 0.29) is 18.4 Å². The number of anilines is 1. The number of carbonyl (C=O) groups is 1. The smallest absolute Gasteiger partial charge is 0.369 e. The van der Waals surface area contributed by atoms with Gasteiger partial charge in [-0.25, -0.2) is 9.97 Å². The van der Waals surface area contributed by atoms with E-state index >= 15 is 0 Å². The minimum atomic E-state index is -4.45. The summed E-state index contributed by atoms with van der Waals surface area (Å²) in [5.74, 6) is 0.0215. The number of rotatable bonds is 4. The van der Waals surface area contributed by atoms with Crippen LogP contribution in [-0.4, -0.2) is 36.7 Å². The molecule has 30 heavy (non-hydrogen) atoms. The molecule has 0 spiro atoms. The molecule has 0 saturated heterocycles. The number of amides is 1. The van der Waals surface area contributed by atoms with Crippen LogP contribution < -0.4 is 5.73 Å². The van der Waals surface area contributed by atoms with Crippen LogP contribution in [-0.2, 0) is 12.7 Å². The molecule has 0 fully saturated rings. The topological polar surface area (TPSA) is 89.4 Å². The lowest BCUT2D eigenvalue weighted by molar-refractivity contribution is -0.137. The molecule has 3 aromatic heterocycles. The number of pyridine rings is 1. The van der Waals surface area contributed by atoms with Crippen LogP contribution in [0.5, 0.6) is 0 Å². The third-order valence-corrected chi connectivity index (χ3v) is 4.81. The number of carbonyl (C=O) groups excluding carboxylic acids is 1. The average Bonchev–Trinajstić information content (AvgIpc) is 3.22. The first-order valence-electron chi connectivity index (χ1n) is 9.10. The first kappa shape index (κ1) is 19.6. The molecule has 154 valence electrons. The van der Waals surface area contributed by atoms with Gasteiger partial charge in [0.2, 0.25) is 5.95 Å². The van der Waals surface area contributed by atoms with E-state index < -0.39 is 11.7 Å². The highest BCUT2D eigenvalue weighted by atomic mass is 19.4. The number of fused-ring (bicyclic) bond motifs is 3. The maximum absolute atomic E-state index is 13.0. The van der Waals surface area contributed by atoms with Gasteiger partial charge >= 0.3 is 6.18 Å². The molecule has 0 aliphatic carbocycles. The Morgan fingerprint density at radius 3 is 2.67 bits per heavy atom. The van der Waals surface area contributed by atoms with Gasteiger partial charge in [0.05, 0.1) is 35.0 Å². The van der Waals surface area contributed by atoms with Crippen molar-refractivity contribution in [2.75, 3.05) is 12.3 Å². The van der Waals surface area contributed by atoms with Gasteiger partial charge in [0, 0.05) is 23.7 Å². The monoisotopic (exact) mass is 414 g/mol. The summed E-state index contributed by atoms with van der Waals surface area (Å²) in [7, 11) is 0. The molecule has 0 saturated carbocycles. The second-order valence-electron chi connectivity index (χ2n) is 6.71. The lowest BCUT2D eigenvalue weighted by Gasteiger charge is -2.21. The summed E-state index contributed by atoms with van der Waals surface area (Å²) in [5, 5.41) is 0.719. The van der Waals surface area contributed by atoms with Crippen molar-refractivity contribution in [3.63, 3.8) is 0 Å². The predicted octanol–water partition coefficient (Wildman–Crippen LogP) is 3.54. The van der Waals surface area contributed by atoms with E-state index in [1.807, 2.05) is 0 Å². The standard InChI is InChI=1S/C20H17F3N6O/c1-2-28(10-14-5-4-13(8-26-14)20(21,22)23)18(30)12-3-6-16-15(7-12)17-9-25-11-29(17)19(24)27-16/h3-9,11H,2,10H2,1H3,(H2,24,27). The van der Waals surface area contributed by atoms with Gasteiger partial charge in [0.1, 0.15) is 6.33 Å². The number of imidazole rings is 1. The van der Waals surface area contributed by atoms with Gasteiger partial charge in [-0.1, -0.05) is 0 Å². The summed E-state index contributed by atoms with van der Waals surface area (Å²) in [5.41, 5.74) is 7.23. The third kappa shape index (κ3) is 3.51. The van der Waals surface area contributed by atoms with Gasteiger partial charge in [-0.15, -0.1) is 0 Å². The molecule has 3 heterocycles. The first-order valence-corrected chi connectivity index (χ1v) is 9.10. The average molecular weight is 414 g/mol. The molecule has 0 atom stereocenters. The molecular formula is C20H17F3N6O. The Bertz CT molecular complexity index is 1230. The Balaban J connectivity index is 1.63. The second kappa shape index (κ2) is 7.29. The Labute approximate surface area is 169 Å². The molecule has 0 unspecified atom stereocenters.